The van der Waals surface area contributed by atoms with E-state index in [-0.39, 0.29) is 11.5 Å². The Bertz CT molecular complexity index is 379. The molecule has 0 bridgehead atoms. The van der Waals surface area contributed by atoms with Crippen LogP contribution in [-0.4, -0.2) is 17.3 Å². The maximum Gasteiger partial charge on any atom is 0.254 e. The summed E-state index contributed by atoms with van der Waals surface area (Å²) in [6.07, 6.45) is 0.819. The van der Waals surface area contributed by atoms with E-state index in [1.54, 1.807) is 13.0 Å². The third-order valence-corrected chi connectivity index (χ3v) is 2.65. The monoisotopic (exact) mass is 287 g/mol. The molecule has 0 aliphatic carbocycles. The van der Waals surface area contributed by atoms with Crippen molar-refractivity contribution in [2.75, 3.05) is 6.54 Å². The second kappa shape index (κ2) is 5.99. The van der Waals surface area contributed by atoms with Crippen LogP contribution in [0, 0.1) is 12.7 Å². The van der Waals surface area contributed by atoms with Crippen molar-refractivity contribution in [3.05, 3.63) is 35.1 Å². The SMILES string of the molecule is Cc1ccc(C(=O)NCCC(C)Br)c(F)c1. The number of rotatable bonds is 4. The second-order valence-corrected chi connectivity index (χ2v) is 5.37. The van der Waals surface area contributed by atoms with Crippen LogP contribution in [0.3, 0.4) is 0 Å². The summed E-state index contributed by atoms with van der Waals surface area (Å²) < 4.78 is 13.4. The molecule has 16 heavy (non-hydrogen) atoms. The predicted octanol–water partition coefficient (Wildman–Crippen LogP) is 3.04. The standard InChI is InChI=1S/C12H15BrFNO/c1-8-3-4-10(11(14)7-8)12(16)15-6-5-9(2)13/h3-4,7,9H,5-6H2,1-2H3,(H,15,16). The van der Waals surface area contributed by atoms with E-state index < -0.39 is 5.82 Å². The van der Waals surface area contributed by atoms with Gasteiger partial charge in [0, 0.05) is 11.4 Å². The van der Waals surface area contributed by atoms with Crippen molar-refractivity contribution in [1.82, 2.24) is 5.32 Å². The Kier molecular flexibility index (Phi) is 4.93. The molecule has 2 nitrogen and oxygen atoms in total. The number of amides is 1. The van der Waals surface area contributed by atoms with Crippen molar-refractivity contribution in [3.8, 4) is 0 Å². The molecule has 0 fully saturated rings. The number of nitrogens with one attached hydrogen (secondary N) is 1. The van der Waals surface area contributed by atoms with Gasteiger partial charge in [-0.1, -0.05) is 28.9 Å². The summed E-state index contributed by atoms with van der Waals surface area (Å²) in [6.45, 7) is 4.33. The zero-order chi connectivity index (χ0) is 12.1. The van der Waals surface area contributed by atoms with Crippen molar-refractivity contribution in [2.24, 2.45) is 0 Å². The van der Waals surface area contributed by atoms with Crippen LogP contribution in [0.15, 0.2) is 18.2 Å². The van der Waals surface area contributed by atoms with Gasteiger partial charge in [0.25, 0.3) is 5.91 Å². The van der Waals surface area contributed by atoms with Crippen LogP contribution in [0.2, 0.25) is 0 Å². The molecule has 88 valence electrons. The van der Waals surface area contributed by atoms with Gasteiger partial charge in [-0.05, 0) is 31.0 Å². The summed E-state index contributed by atoms with van der Waals surface area (Å²) in [6, 6.07) is 4.60. The highest BCUT2D eigenvalue weighted by molar-refractivity contribution is 9.09. The third kappa shape index (κ3) is 3.93. The van der Waals surface area contributed by atoms with Gasteiger partial charge >= 0.3 is 0 Å². The van der Waals surface area contributed by atoms with Crippen LogP contribution in [0.4, 0.5) is 4.39 Å². The quantitative estimate of drug-likeness (QED) is 0.848. The smallest absolute Gasteiger partial charge is 0.254 e. The lowest BCUT2D eigenvalue weighted by Gasteiger charge is -2.07. The Morgan fingerprint density at radius 3 is 2.81 bits per heavy atom. The number of halogens is 2. The number of benzene rings is 1. The molecule has 1 aromatic carbocycles. The number of carbonyl (C=O) groups excluding carboxylic acids is 1. The van der Waals surface area contributed by atoms with Gasteiger partial charge in [0.05, 0.1) is 5.56 Å². The van der Waals surface area contributed by atoms with Crippen molar-refractivity contribution >= 4 is 21.8 Å². The molecule has 1 rings (SSSR count). The molecule has 1 unspecified atom stereocenters. The van der Waals surface area contributed by atoms with Crippen LogP contribution in [0.5, 0.6) is 0 Å². The Labute approximate surface area is 103 Å². The minimum atomic E-state index is -0.468. The molecule has 1 amide bonds. The van der Waals surface area contributed by atoms with E-state index in [4.69, 9.17) is 0 Å². The van der Waals surface area contributed by atoms with E-state index in [1.807, 2.05) is 6.92 Å². The Balaban J connectivity index is 2.59. The third-order valence-electron chi connectivity index (χ3n) is 2.20. The van der Waals surface area contributed by atoms with Gasteiger partial charge in [0.1, 0.15) is 5.82 Å². The highest BCUT2D eigenvalue weighted by Crippen LogP contribution is 2.09. The van der Waals surface area contributed by atoms with E-state index in [0.717, 1.165) is 12.0 Å². The number of aryl methyl sites for hydroxylation is 1. The first-order chi connectivity index (χ1) is 7.50. The lowest BCUT2D eigenvalue weighted by molar-refractivity contribution is 0.0949. The predicted molar refractivity (Wildman–Crippen MR) is 66.5 cm³/mol. The summed E-state index contributed by atoms with van der Waals surface area (Å²) in [7, 11) is 0. The summed E-state index contributed by atoms with van der Waals surface area (Å²) in [5.41, 5.74) is 0.913. The molecule has 0 aromatic heterocycles. The van der Waals surface area contributed by atoms with Gasteiger partial charge in [-0.3, -0.25) is 4.79 Å². The first-order valence-electron chi connectivity index (χ1n) is 5.19. The van der Waals surface area contributed by atoms with E-state index >= 15 is 0 Å². The molecule has 1 aromatic rings. The lowest BCUT2D eigenvalue weighted by Crippen LogP contribution is -2.26. The molecule has 4 heteroatoms. The highest BCUT2D eigenvalue weighted by Gasteiger charge is 2.10. The Morgan fingerprint density at radius 1 is 1.56 bits per heavy atom. The van der Waals surface area contributed by atoms with Gasteiger partial charge in [0.2, 0.25) is 0 Å². The number of carbonyl (C=O) groups is 1. The van der Waals surface area contributed by atoms with Crippen LogP contribution in [-0.2, 0) is 0 Å². The molecule has 0 saturated carbocycles. The fourth-order valence-electron chi connectivity index (χ4n) is 1.28. The number of hydrogen-bond donors (Lipinski definition) is 1. The van der Waals surface area contributed by atoms with Crippen LogP contribution < -0.4 is 5.32 Å². The minimum absolute atomic E-state index is 0.104. The van der Waals surface area contributed by atoms with Crippen LogP contribution >= 0.6 is 15.9 Å². The topological polar surface area (TPSA) is 29.1 Å². The maximum atomic E-state index is 13.4. The largest absolute Gasteiger partial charge is 0.352 e. The first-order valence-corrected chi connectivity index (χ1v) is 6.10. The average molecular weight is 288 g/mol. The van der Waals surface area contributed by atoms with Crippen molar-refractivity contribution < 1.29 is 9.18 Å². The van der Waals surface area contributed by atoms with Gasteiger partial charge in [-0.2, -0.15) is 0 Å². The van der Waals surface area contributed by atoms with E-state index in [0.29, 0.717) is 11.4 Å². The summed E-state index contributed by atoms with van der Waals surface area (Å²) >= 11 is 3.38. The van der Waals surface area contributed by atoms with Gasteiger partial charge in [0.15, 0.2) is 0 Å². The zero-order valence-electron chi connectivity index (χ0n) is 9.39. The van der Waals surface area contributed by atoms with Gasteiger partial charge in [-0.25, -0.2) is 4.39 Å². The second-order valence-electron chi connectivity index (χ2n) is 3.81. The molecule has 0 heterocycles. The number of alkyl halides is 1. The van der Waals surface area contributed by atoms with Gasteiger partial charge < -0.3 is 5.32 Å². The molecule has 0 saturated heterocycles. The summed E-state index contributed by atoms with van der Waals surface area (Å²) in [5.74, 6) is -0.824. The molecule has 1 N–H and O–H groups in total. The van der Waals surface area contributed by atoms with Crippen molar-refractivity contribution in [1.29, 1.82) is 0 Å². The highest BCUT2D eigenvalue weighted by atomic mass is 79.9. The molecular formula is C12H15BrFNO. The normalized spacial score (nSPS) is 12.2. The van der Waals surface area contributed by atoms with Crippen LogP contribution in [0.1, 0.15) is 29.3 Å². The minimum Gasteiger partial charge on any atom is -0.352 e. The van der Waals surface area contributed by atoms with Crippen molar-refractivity contribution in [3.63, 3.8) is 0 Å². The number of hydrogen-bond acceptors (Lipinski definition) is 1. The molecule has 0 spiro atoms. The van der Waals surface area contributed by atoms with Crippen LogP contribution in [0.25, 0.3) is 0 Å². The van der Waals surface area contributed by atoms with E-state index in [1.165, 1.54) is 12.1 Å². The van der Waals surface area contributed by atoms with Gasteiger partial charge in [-0.15, -0.1) is 0 Å². The molecule has 0 aliphatic rings. The Morgan fingerprint density at radius 2 is 2.25 bits per heavy atom. The van der Waals surface area contributed by atoms with E-state index in [9.17, 15) is 9.18 Å². The molecular weight excluding hydrogens is 273 g/mol. The summed E-state index contributed by atoms with van der Waals surface area (Å²) in [5, 5.41) is 2.68. The van der Waals surface area contributed by atoms with Crippen molar-refractivity contribution in [2.45, 2.75) is 25.1 Å². The maximum absolute atomic E-state index is 13.4. The Hall–Kier alpha value is -0.900. The molecule has 1 atom stereocenters. The average Bonchev–Trinajstić information content (AvgIpc) is 2.16. The molecule has 0 radical (unpaired) electrons. The summed E-state index contributed by atoms with van der Waals surface area (Å²) in [4.78, 5) is 11.9. The first kappa shape index (κ1) is 13.2. The fourth-order valence-corrected chi connectivity index (χ4v) is 1.51. The molecule has 0 aliphatic heterocycles. The zero-order valence-corrected chi connectivity index (χ0v) is 11.0. The fraction of sp³-hybridized carbons (Fsp3) is 0.417. The van der Waals surface area contributed by atoms with E-state index in [2.05, 4.69) is 21.2 Å². The lowest BCUT2D eigenvalue weighted by atomic mass is 10.1.